The summed E-state index contributed by atoms with van der Waals surface area (Å²) >= 11 is 7.09. The lowest BCUT2D eigenvalue weighted by Crippen LogP contribution is -2.31. The van der Waals surface area contributed by atoms with E-state index in [1.165, 1.54) is 24.5 Å². The van der Waals surface area contributed by atoms with Gasteiger partial charge in [-0.1, -0.05) is 41.6 Å². The lowest BCUT2D eigenvalue weighted by molar-refractivity contribution is -0.114. The molecule has 2 aromatic carbocycles. The number of carbonyl (C=O) groups is 2. The molecule has 10 heteroatoms. The van der Waals surface area contributed by atoms with Crippen LogP contribution in [0.1, 0.15) is 18.6 Å². The third kappa shape index (κ3) is 5.62. The van der Waals surface area contributed by atoms with E-state index in [-0.39, 0.29) is 28.5 Å². The Bertz CT molecular complexity index is 1410. The Morgan fingerprint density at radius 2 is 1.97 bits per heavy atom. The molecule has 1 aliphatic rings. The molecule has 2 amide bonds. The quantitative estimate of drug-likeness (QED) is 0.363. The van der Waals surface area contributed by atoms with Crippen molar-refractivity contribution in [2.45, 2.75) is 12.8 Å². The van der Waals surface area contributed by atoms with Crippen molar-refractivity contribution in [2.24, 2.45) is 0 Å². The van der Waals surface area contributed by atoms with Crippen molar-refractivity contribution in [1.82, 2.24) is 5.32 Å². The van der Waals surface area contributed by atoms with Crippen molar-refractivity contribution in [3.05, 3.63) is 105 Å². The van der Waals surface area contributed by atoms with E-state index in [0.29, 0.717) is 27.2 Å². The number of rotatable bonds is 7. The maximum Gasteiger partial charge on any atom is 0.254 e. The Morgan fingerprint density at radius 1 is 1.17 bits per heavy atom. The number of para-hydroxylation sites is 1. The van der Waals surface area contributed by atoms with Crippen LogP contribution in [0.4, 0.5) is 15.8 Å². The fourth-order valence-corrected chi connectivity index (χ4v) is 4.80. The summed E-state index contributed by atoms with van der Waals surface area (Å²) in [6, 6.07) is 18.0. The van der Waals surface area contributed by atoms with Crippen LogP contribution in [0.5, 0.6) is 0 Å². The number of nitriles is 1. The van der Waals surface area contributed by atoms with E-state index in [2.05, 4.69) is 22.0 Å². The van der Waals surface area contributed by atoms with Crippen LogP contribution < -0.4 is 16.0 Å². The minimum absolute atomic E-state index is 0.00502. The Morgan fingerprint density at radius 3 is 2.67 bits per heavy atom. The van der Waals surface area contributed by atoms with E-state index in [1.54, 1.807) is 49.4 Å². The summed E-state index contributed by atoms with van der Waals surface area (Å²) in [6.07, 6.45) is 1.44. The number of hydrogen-bond donors (Lipinski definition) is 3. The van der Waals surface area contributed by atoms with Crippen LogP contribution in [-0.2, 0) is 9.59 Å². The van der Waals surface area contributed by atoms with E-state index in [9.17, 15) is 19.2 Å². The van der Waals surface area contributed by atoms with Crippen LogP contribution in [0.3, 0.4) is 0 Å². The number of dihydropyridines is 1. The van der Waals surface area contributed by atoms with Crippen molar-refractivity contribution >= 4 is 46.6 Å². The predicted octanol–water partition coefficient (Wildman–Crippen LogP) is 5.78. The maximum absolute atomic E-state index is 14.2. The summed E-state index contributed by atoms with van der Waals surface area (Å²) in [5.74, 6) is -1.95. The topological polar surface area (TPSA) is 107 Å². The molecule has 0 aliphatic carbocycles. The Kier molecular flexibility index (Phi) is 7.78. The normalized spacial score (nSPS) is 15.2. The second kappa shape index (κ2) is 11.2. The Labute approximate surface area is 216 Å². The Hall–Kier alpha value is -4.00. The van der Waals surface area contributed by atoms with Gasteiger partial charge in [-0.25, -0.2) is 4.39 Å². The first kappa shape index (κ1) is 25.1. The highest BCUT2D eigenvalue weighted by atomic mass is 35.5. The van der Waals surface area contributed by atoms with E-state index in [1.807, 2.05) is 0 Å². The number of nitrogens with one attached hydrogen (secondary N) is 3. The first-order valence-corrected chi connectivity index (χ1v) is 12.1. The third-order valence-corrected chi connectivity index (χ3v) is 6.55. The van der Waals surface area contributed by atoms with Crippen molar-refractivity contribution in [3.8, 4) is 6.07 Å². The highest BCUT2D eigenvalue weighted by Gasteiger charge is 2.36. The van der Waals surface area contributed by atoms with Gasteiger partial charge in [0.25, 0.3) is 5.91 Å². The number of anilines is 2. The van der Waals surface area contributed by atoms with Crippen molar-refractivity contribution in [3.63, 3.8) is 0 Å². The average Bonchev–Trinajstić information content (AvgIpc) is 3.38. The minimum Gasteiger partial charge on any atom is -0.468 e. The first-order valence-electron chi connectivity index (χ1n) is 10.8. The molecule has 182 valence electrons. The average molecular weight is 523 g/mol. The zero-order valence-corrected chi connectivity index (χ0v) is 20.5. The van der Waals surface area contributed by atoms with E-state index in [4.69, 9.17) is 16.0 Å². The zero-order chi connectivity index (χ0) is 25.7. The summed E-state index contributed by atoms with van der Waals surface area (Å²) < 4.78 is 19.7. The first-order chi connectivity index (χ1) is 17.4. The number of amides is 2. The van der Waals surface area contributed by atoms with Gasteiger partial charge < -0.3 is 20.4 Å². The van der Waals surface area contributed by atoms with Crippen LogP contribution in [0.15, 0.2) is 93.2 Å². The van der Waals surface area contributed by atoms with Gasteiger partial charge in [0.1, 0.15) is 11.6 Å². The molecule has 1 unspecified atom stereocenters. The summed E-state index contributed by atoms with van der Waals surface area (Å²) in [5.41, 5.74) is 1.42. The van der Waals surface area contributed by atoms with Crippen LogP contribution in [-0.4, -0.2) is 17.6 Å². The van der Waals surface area contributed by atoms with Gasteiger partial charge in [-0.2, -0.15) is 5.26 Å². The van der Waals surface area contributed by atoms with Gasteiger partial charge in [0.2, 0.25) is 5.91 Å². The summed E-state index contributed by atoms with van der Waals surface area (Å²) in [6.45, 7) is 1.67. The second-order valence-corrected chi connectivity index (χ2v) is 9.17. The van der Waals surface area contributed by atoms with Crippen LogP contribution >= 0.6 is 23.4 Å². The summed E-state index contributed by atoms with van der Waals surface area (Å²) in [5, 5.41) is 19.4. The number of benzene rings is 2. The molecule has 4 rings (SSSR count). The number of thioether (sulfide) groups is 1. The van der Waals surface area contributed by atoms with Gasteiger partial charge >= 0.3 is 0 Å². The number of hydrogen-bond acceptors (Lipinski definition) is 6. The summed E-state index contributed by atoms with van der Waals surface area (Å²) in [7, 11) is 0. The fourth-order valence-electron chi connectivity index (χ4n) is 3.72. The molecular formula is C26H20ClFN4O3S. The minimum atomic E-state index is -0.850. The highest BCUT2D eigenvalue weighted by Crippen LogP contribution is 2.41. The standard InChI is InChI=1S/C26H20ClFN4O3S/c1-15-23(25(34)32-20-9-3-2-8-19(20)28)24(21-10-5-11-35-21)18(13-29)26(30-15)36-14-22(33)31-17-7-4-6-16(27)12-17/h2-12,24,30H,14H2,1H3,(H,31,33)(H,32,34). The monoisotopic (exact) mass is 522 g/mol. The van der Waals surface area contributed by atoms with E-state index in [0.717, 1.165) is 11.8 Å². The van der Waals surface area contributed by atoms with Gasteiger partial charge in [-0.15, -0.1) is 0 Å². The smallest absolute Gasteiger partial charge is 0.254 e. The maximum atomic E-state index is 14.2. The lowest BCUT2D eigenvalue weighted by atomic mass is 9.85. The summed E-state index contributed by atoms with van der Waals surface area (Å²) in [4.78, 5) is 25.8. The second-order valence-electron chi connectivity index (χ2n) is 7.75. The molecule has 0 spiro atoms. The van der Waals surface area contributed by atoms with Crippen LogP contribution in [0.25, 0.3) is 0 Å². The molecule has 0 saturated heterocycles. The van der Waals surface area contributed by atoms with Gasteiger partial charge in [-0.3, -0.25) is 9.59 Å². The van der Waals surface area contributed by atoms with Crippen molar-refractivity contribution in [1.29, 1.82) is 5.26 Å². The fraction of sp³-hybridized carbons (Fsp3) is 0.115. The molecule has 2 heterocycles. The van der Waals surface area contributed by atoms with Gasteiger partial charge in [0.05, 0.1) is 45.9 Å². The molecular weight excluding hydrogens is 503 g/mol. The number of nitrogens with zero attached hydrogens (tertiary/aromatic N) is 1. The van der Waals surface area contributed by atoms with E-state index < -0.39 is 17.6 Å². The van der Waals surface area contributed by atoms with Gasteiger partial charge in [-0.05, 0) is 49.4 Å². The molecule has 1 aliphatic heterocycles. The predicted molar refractivity (Wildman–Crippen MR) is 137 cm³/mol. The SMILES string of the molecule is CC1=C(C(=O)Nc2ccccc2F)C(c2ccco2)C(C#N)=C(SCC(=O)Nc2cccc(Cl)c2)N1. The number of furan rings is 1. The van der Waals surface area contributed by atoms with Crippen LogP contribution in [0.2, 0.25) is 5.02 Å². The molecule has 0 bridgehead atoms. The molecule has 0 fully saturated rings. The van der Waals surface area contributed by atoms with E-state index >= 15 is 0 Å². The number of carbonyl (C=O) groups excluding carboxylic acids is 2. The Balaban J connectivity index is 1.59. The van der Waals surface area contributed by atoms with Crippen molar-refractivity contribution in [2.75, 3.05) is 16.4 Å². The molecule has 3 aromatic rings. The molecule has 0 radical (unpaired) electrons. The van der Waals surface area contributed by atoms with Crippen molar-refractivity contribution < 1.29 is 18.4 Å². The number of allylic oxidation sites excluding steroid dienone is 2. The molecule has 36 heavy (non-hydrogen) atoms. The molecule has 7 nitrogen and oxygen atoms in total. The van der Waals surface area contributed by atoms with Gasteiger partial charge in [0.15, 0.2) is 0 Å². The molecule has 3 N–H and O–H groups in total. The zero-order valence-electron chi connectivity index (χ0n) is 19.0. The van der Waals surface area contributed by atoms with Gasteiger partial charge in [0, 0.05) is 16.4 Å². The molecule has 1 atom stereocenters. The highest BCUT2D eigenvalue weighted by molar-refractivity contribution is 8.03. The molecule has 0 saturated carbocycles. The van der Waals surface area contributed by atoms with Crippen LogP contribution in [0, 0.1) is 17.1 Å². The third-order valence-electron chi connectivity index (χ3n) is 5.30. The molecule has 1 aromatic heterocycles. The number of halogens is 2. The lowest BCUT2D eigenvalue weighted by Gasteiger charge is -2.28. The largest absolute Gasteiger partial charge is 0.468 e.